The highest BCUT2D eigenvalue weighted by Gasteiger charge is 2.22. The molecule has 0 atom stereocenters. The van der Waals surface area contributed by atoms with Crippen molar-refractivity contribution >= 4 is 11.6 Å². The number of amides is 1. The maximum Gasteiger partial charge on any atom is 0.261 e. The van der Waals surface area contributed by atoms with Crippen LogP contribution in [-0.4, -0.2) is 10.5 Å². The fourth-order valence-electron chi connectivity index (χ4n) is 4.12. The van der Waals surface area contributed by atoms with E-state index in [1.165, 1.54) is 0 Å². The Labute approximate surface area is 194 Å². The van der Waals surface area contributed by atoms with E-state index in [4.69, 9.17) is 0 Å². The second kappa shape index (κ2) is 9.29. The van der Waals surface area contributed by atoms with Gasteiger partial charge in [0, 0.05) is 24.0 Å². The number of aryl methyl sites for hydroxylation is 3. The van der Waals surface area contributed by atoms with E-state index in [9.17, 15) is 9.59 Å². The van der Waals surface area contributed by atoms with E-state index in [1.807, 2.05) is 100 Å². The molecular weight excluding hydrogens is 408 g/mol. The summed E-state index contributed by atoms with van der Waals surface area (Å²) >= 11 is 0. The molecule has 166 valence electrons. The Hall–Kier alpha value is -3.92. The van der Waals surface area contributed by atoms with Gasteiger partial charge in [0.1, 0.15) is 5.56 Å². The first-order valence-corrected chi connectivity index (χ1v) is 11.1. The standard InChI is InChI=1S/C29H28N2O2/c1-19-10-8-14-24(16-19)28-27(29(33)30-25-15-9-11-20(2)22(25)4)26(32)17-21(3)31(28)18-23-12-6-5-7-13-23/h5-17H,18H2,1-4H3,(H,30,33). The van der Waals surface area contributed by atoms with Gasteiger partial charge >= 0.3 is 0 Å². The van der Waals surface area contributed by atoms with Crippen LogP contribution in [0.15, 0.2) is 83.7 Å². The number of rotatable bonds is 5. The number of pyridine rings is 1. The van der Waals surface area contributed by atoms with E-state index in [2.05, 4.69) is 9.88 Å². The minimum absolute atomic E-state index is 0.156. The molecule has 4 rings (SSSR count). The SMILES string of the molecule is Cc1cccc(-c2c(C(=O)Nc3cccc(C)c3C)c(=O)cc(C)n2Cc2ccccc2)c1. The molecule has 4 heteroatoms. The number of carbonyl (C=O) groups excluding carboxylic acids is 1. The lowest BCUT2D eigenvalue weighted by molar-refractivity contribution is 0.102. The van der Waals surface area contributed by atoms with Crippen molar-refractivity contribution in [1.82, 2.24) is 4.57 Å². The summed E-state index contributed by atoms with van der Waals surface area (Å²) in [6.07, 6.45) is 0. The third-order valence-corrected chi connectivity index (χ3v) is 6.07. The van der Waals surface area contributed by atoms with Crippen molar-refractivity contribution in [2.24, 2.45) is 0 Å². The van der Waals surface area contributed by atoms with Gasteiger partial charge in [0.05, 0.1) is 5.69 Å². The van der Waals surface area contributed by atoms with Gasteiger partial charge in [0.15, 0.2) is 5.43 Å². The van der Waals surface area contributed by atoms with Crippen LogP contribution in [0.5, 0.6) is 0 Å². The summed E-state index contributed by atoms with van der Waals surface area (Å²) in [5.41, 5.74) is 7.10. The number of anilines is 1. The topological polar surface area (TPSA) is 51.1 Å². The monoisotopic (exact) mass is 436 g/mol. The molecule has 1 N–H and O–H groups in total. The second-order valence-corrected chi connectivity index (χ2v) is 8.52. The third kappa shape index (κ3) is 4.65. The van der Waals surface area contributed by atoms with Crippen LogP contribution in [-0.2, 0) is 6.54 Å². The van der Waals surface area contributed by atoms with Crippen LogP contribution in [0, 0.1) is 27.7 Å². The second-order valence-electron chi connectivity index (χ2n) is 8.52. The van der Waals surface area contributed by atoms with E-state index in [0.717, 1.165) is 33.5 Å². The van der Waals surface area contributed by atoms with Gasteiger partial charge in [0.2, 0.25) is 0 Å². The van der Waals surface area contributed by atoms with Crippen molar-refractivity contribution in [3.8, 4) is 11.3 Å². The van der Waals surface area contributed by atoms with E-state index in [-0.39, 0.29) is 11.0 Å². The van der Waals surface area contributed by atoms with Gasteiger partial charge in [0.25, 0.3) is 5.91 Å². The van der Waals surface area contributed by atoms with Crippen LogP contribution in [0.25, 0.3) is 11.3 Å². The molecule has 0 radical (unpaired) electrons. The average Bonchev–Trinajstić information content (AvgIpc) is 2.79. The molecule has 1 amide bonds. The molecule has 0 unspecified atom stereocenters. The lowest BCUT2D eigenvalue weighted by Crippen LogP contribution is -2.27. The van der Waals surface area contributed by atoms with Crippen LogP contribution < -0.4 is 10.7 Å². The number of aromatic nitrogens is 1. The Bertz CT molecular complexity index is 1380. The number of carbonyl (C=O) groups is 1. The molecule has 0 saturated carbocycles. The van der Waals surface area contributed by atoms with Crippen molar-refractivity contribution in [3.05, 3.63) is 123 Å². The van der Waals surface area contributed by atoms with Crippen LogP contribution in [0.4, 0.5) is 5.69 Å². The molecule has 0 bridgehead atoms. The largest absolute Gasteiger partial charge is 0.340 e. The summed E-state index contributed by atoms with van der Waals surface area (Å²) in [5, 5.41) is 2.99. The zero-order valence-corrected chi connectivity index (χ0v) is 19.5. The molecule has 0 aliphatic carbocycles. The molecule has 0 aliphatic heterocycles. The number of nitrogens with zero attached hydrogens (tertiary/aromatic N) is 1. The summed E-state index contributed by atoms with van der Waals surface area (Å²) in [5.74, 6) is -0.396. The van der Waals surface area contributed by atoms with E-state index in [0.29, 0.717) is 17.9 Å². The normalized spacial score (nSPS) is 10.8. The Morgan fingerprint density at radius 2 is 1.58 bits per heavy atom. The minimum Gasteiger partial charge on any atom is -0.340 e. The number of nitrogens with one attached hydrogen (secondary N) is 1. The molecule has 1 heterocycles. The fraction of sp³-hybridized carbons (Fsp3) is 0.172. The van der Waals surface area contributed by atoms with E-state index >= 15 is 0 Å². The zero-order valence-electron chi connectivity index (χ0n) is 19.5. The lowest BCUT2D eigenvalue weighted by Gasteiger charge is -2.21. The van der Waals surface area contributed by atoms with Crippen LogP contribution in [0.3, 0.4) is 0 Å². The summed E-state index contributed by atoms with van der Waals surface area (Å²) < 4.78 is 2.06. The Kier molecular flexibility index (Phi) is 6.27. The van der Waals surface area contributed by atoms with Gasteiger partial charge in [-0.1, -0.05) is 66.2 Å². The number of benzene rings is 3. The number of hydrogen-bond donors (Lipinski definition) is 1. The summed E-state index contributed by atoms with van der Waals surface area (Å²) in [6, 6.07) is 25.3. The van der Waals surface area contributed by atoms with Crippen LogP contribution in [0.1, 0.15) is 38.3 Å². The molecular formula is C29H28N2O2. The van der Waals surface area contributed by atoms with Crippen molar-refractivity contribution < 1.29 is 4.79 Å². The predicted molar refractivity (Wildman–Crippen MR) is 135 cm³/mol. The van der Waals surface area contributed by atoms with E-state index in [1.54, 1.807) is 6.07 Å². The van der Waals surface area contributed by atoms with Gasteiger partial charge in [-0.05, 0) is 62.1 Å². The Morgan fingerprint density at radius 1 is 0.848 bits per heavy atom. The highest BCUT2D eigenvalue weighted by molar-refractivity contribution is 6.08. The quantitative estimate of drug-likeness (QED) is 0.414. The average molecular weight is 437 g/mol. The molecule has 4 nitrogen and oxygen atoms in total. The first-order chi connectivity index (χ1) is 15.8. The zero-order chi connectivity index (χ0) is 23.5. The maximum absolute atomic E-state index is 13.6. The Morgan fingerprint density at radius 3 is 2.30 bits per heavy atom. The van der Waals surface area contributed by atoms with Crippen molar-refractivity contribution in [2.75, 3.05) is 5.32 Å². The highest BCUT2D eigenvalue weighted by Crippen LogP contribution is 2.27. The van der Waals surface area contributed by atoms with Gasteiger partial charge in [-0.3, -0.25) is 9.59 Å². The molecule has 4 aromatic rings. The van der Waals surface area contributed by atoms with Gasteiger partial charge in [-0.15, -0.1) is 0 Å². The minimum atomic E-state index is -0.396. The molecule has 3 aromatic carbocycles. The fourth-order valence-corrected chi connectivity index (χ4v) is 4.12. The lowest BCUT2D eigenvalue weighted by atomic mass is 10.00. The van der Waals surface area contributed by atoms with Crippen molar-refractivity contribution in [2.45, 2.75) is 34.2 Å². The van der Waals surface area contributed by atoms with Gasteiger partial charge < -0.3 is 9.88 Å². The molecule has 0 aliphatic rings. The maximum atomic E-state index is 13.6. The third-order valence-electron chi connectivity index (χ3n) is 6.07. The van der Waals surface area contributed by atoms with E-state index < -0.39 is 5.91 Å². The first-order valence-electron chi connectivity index (χ1n) is 11.1. The van der Waals surface area contributed by atoms with Crippen molar-refractivity contribution in [1.29, 1.82) is 0 Å². The molecule has 0 fully saturated rings. The summed E-state index contributed by atoms with van der Waals surface area (Å²) in [7, 11) is 0. The number of hydrogen-bond acceptors (Lipinski definition) is 2. The summed E-state index contributed by atoms with van der Waals surface area (Å²) in [4.78, 5) is 26.8. The summed E-state index contributed by atoms with van der Waals surface area (Å²) in [6.45, 7) is 8.45. The smallest absolute Gasteiger partial charge is 0.261 e. The highest BCUT2D eigenvalue weighted by atomic mass is 16.2. The van der Waals surface area contributed by atoms with Gasteiger partial charge in [-0.2, -0.15) is 0 Å². The first kappa shape index (κ1) is 22.3. The molecule has 1 aromatic heterocycles. The van der Waals surface area contributed by atoms with Gasteiger partial charge in [-0.25, -0.2) is 0 Å². The Balaban J connectivity index is 1.92. The molecule has 0 saturated heterocycles. The molecule has 0 spiro atoms. The molecule has 33 heavy (non-hydrogen) atoms. The predicted octanol–water partition coefficient (Wildman–Crippen LogP) is 6.05. The van der Waals surface area contributed by atoms with Crippen LogP contribution >= 0.6 is 0 Å². The van der Waals surface area contributed by atoms with Crippen molar-refractivity contribution in [3.63, 3.8) is 0 Å². The van der Waals surface area contributed by atoms with Crippen LogP contribution in [0.2, 0.25) is 0 Å².